The van der Waals surface area contributed by atoms with Crippen LogP contribution in [0.3, 0.4) is 0 Å². The maximum Gasteiger partial charge on any atom is 0.197 e. The van der Waals surface area contributed by atoms with Crippen molar-refractivity contribution in [3.05, 3.63) is 106 Å². The van der Waals surface area contributed by atoms with E-state index < -0.39 is 0 Å². The topological polar surface area (TPSA) is 47.3 Å². The van der Waals surface area contributed by atoms with E-state index in [9.17, 15) is 9.59 Å². The van der Waals surface area contributed by atoms with Gasteiger partial charge < -0.3 is 4.42 Å². The average molecular weight is 326 g/mol. The molecule has 0 bridgehead atoms. The van der Waals surface area contributed by atoms with Gasteiger partial charge in [0.15, 0.2) is 11.2 Å². The Hall–Kier alpha value is -3.46. The molecule has 1 aromatic heterocycles. The molecule has 0 saturated heterocycles. The molecule has 0 amide bonds. The molecule has 4 aromatic rings. The van der Waals surface area contributed by atoms with Crippen molar-refractivity contribution in [2.75, 3.05) is 0 Å². The Morgan fingerprint density at radius 1 is 0.760 bits per heavy atom. The zero-order chi connectivity index (χ0) is 17.2. The van der Waals surface area contributed by atoms with Crippen LogP contribution in [0.1, 0.15) is 15.9 Å². The smallest absolute Gasteiger partial charge is 0.197 e. The lowest BCUT2D eigenvalue weighted by Gasteiger charge is -2.06. The van der Waals surface area contributed by atoms with Crippen LogP contribution in [0.2, 0.25) is 0 Å². The van der Waals surface area contributed by atoms with Crippen molar-refractivity contribution in [2.24, 2.45) is 0 Å². The average Bonchev–Trinajstić information content (AvgIpc) is 3.08. The van der Waals surface area contributed by atoms with Crippen LogP contribution in [0.4, 0.5) is 0 Å². The molecule has 1 heterocycles. The number of hydrogen-bond donors (Lipinski definition) is 0. The van der Waals surface area contributed by atoms with Crippen molar-refractivity contribution in [3.8, 4) is 11.1 Å². The van der Waals surface area contributed by atoms with Crippen molar-refractivity contribution in [1.82, 2.24) is 0 Å². The SMILES string of the molecule is O=C(c1ccccc1)c1c(-c2ccccc2)c2occc2ccc1=O. The van der Waals surface area contributed by atoms with E-state index in [-0.39, 0.29) is 16.8 Å². The van der Waals surface area contributed by atoms with E-state index in [0.717, 1.165) is 10.9 Å². The minimum absolute atomic E-state index is 0.127. The van der Waals surface area contributed by atoms with E-state index in [1.54, 1.807) is 42.7 Å². The molecule has 0 aliphatic carbocycles. The number of carbonyl (C=O) groups excluding carboxylic acids is 1. The number of fused-ring (bicyclic) bond motifs is 1. The molecule has 0 atom stereocenters. The first-order chi connectivity index (χ1) is 12.3. The second-order valence-electron chi connectivity index (χ2n) is 5.71. The molecular weight excluding hydrogens is 312 g/mol. The second kappa shape index (κ2) is 6.21. The fourth-order valence-electron chi connectivity index (χ4n) is 2.98. The lowest BCUT2D eigenvalue weighted by Crippen LogP contribution is -2.14. The third-order valence-corrected chi connectivity index (χ3v) is 4.16. The lowest BCUT2D eigenvalue weighted by molar-refractivity contribution is 0.103. The number of benzene rings is 2. The van der Waals surface area contributed by atoms with Crippen molar-refractivity contribution < 1.29 is 9.21 Å². The van der Waals surface area contributed by atoms with Crippen LogP contribution in [-0.4, -0.2) is 5.78 Å². The maximum absolute atomic E-state index is 13.1. The highest BCUT2D eigenvalue weighted by Crippen LogP contribution is 2.31. The molecule has 4 rings (SSSR count). The van der Waals surface area contributed by atoms with Crippen LogP contribution in [0.5, 0.6) is 0 Å². The molecule has 25 heavy (non-hydrogen) atoms. The zero-order valence-electron chi connectivity index (χ0n) is 13.3. The maximum atomic E-state index is 13.1. The fraction of sp³-hybridized carbons (Fsp3) is 0. The molecule has 0 fully saturated rings. The molecule has 120 valence electrons. The molecule has 0 aliphatic heterocycles. The molecule has 3 aromatic carbocycles. The summed E-state index contributed by atoms with van der Waals surface area (Å²) in [6.45, 7) is 0. The predicted molar refractivity (Wildman–Crippen MR) is 97.8 cm³/mol. The minimum Gasteiger partial charge on any atom is -0.464 e. The normalized spacial score (nSPS) is 10.7. The van der Waals surface area contributed by atoms with Crippen molar-refractivity contribution in [2.45, 2.75) is 0 Å². The summed E-state index contributed by atoms with van der Waals surface area (Å²) in [6, 6.07) is 23.1. The monoisotopic (exact) mass is 326 g/mol. The van der Waals surface area contributed by atoms with Gasteiger partial charge >= 0.3 is 0 Å². The predicted octanol–water partition coefficient (Wildman–Crippen LogP) is 4.69. The van der Waals surface area contributed by atoms with Crippen molar-refractivity contribution in [1.29, 1.82) is 0 Å². The van der Waals surface area contributed by atoms with Crippen LogP contribution >= 0.6 is 0 Å². The second-order valence-corrected chi connectivity index (χ2v) is 5.71. The number of furan rings is 1. The van der Waals surface area contributed by atoms with Crippen LogP contribution in [-0.2, 0) is 0 Å². The first-order valence-corrected chi connectivity index (χ1v) is 7.95. The van der Waals surface area contributed by atoms with Gasteiger partial charge in [-0.25, -0.2) is 0 Å². The number of hydrogen-bond acceptors (Lipinski definition) is 3. The van der Waals surface area contributed by atoms with Gasteiger partial charge in [-0.2, -0.15) is 0 Å². The van der Waals surface area contributed by atoms with Gasteiger partial charge in [-0.15, -0.1) is 0 Å². The summed E-state index contributed by atoms with van der Waals surface area (Å²) in [5.41, 5.74) is 2.12. The summed E-state index contributed by atoms with van der Waals surface area (Å²) < 4.78 is 5.65. The van der Waals surface area contributed by atoms with Gasteiger partial charge in [0.2, 0.25) is 0 Å². The molecular formula is C22H14O3. The first kappa shape index (κ1) is 15.1. The largest absolute Gasteiger partial charge is 0.464 e. The summed E-state index contributed by atoms with van der Waals surface area (Å²) >= 11 is 0. The standard InChI is InChI=1S/C22H14O3/c23-18-12-11-17-13-14-25-22(17)19(15-7-3-1-4-8-15)20(18)21(24)16-9-5-2-6-10-16/h1-14H. The first-order valence-electron chi connectivity index (χ1n) is 7.95. The highest BCUT2D eigenvalue weighted by molar-refractivity contribution is 6.15. The van der Waals surface area contributed by atoms with Crippen molar-refractivity contribution >= 4 is 16.8 Å². The Bertz CT molecular complexity index is 1110. The van der Waals surface area contributed by atoms with Gasteiger partial charge in [-0.05, 0) is 23.8 Å². The fourth-order valence-corrected chi connectivity index (χ4v) is 2.98. The quantitative estimate of drug-likeness (QED) is 0.513. The zero-order valence-corrected chi connectivity index (χ0v) is 13.3. The van der Waals surface area contributed by atoms with Crippen LogP contribution in [0.25, 0.3) is 22.1 Å². The van der Waals surface area contributed by atoms with E-state index in [1.165, 1.54) is 6.07 Å². The van der Waals surface area contributed by atoms with Gasteiger partial charge in [0, 0.05) is 16.5 Å². The summed E-state index contributed by atoms with van der Waals surface area (Å²) in [6.07, 6.45) is 1.57. The Balaban J connectivity index is 2.12. The van der Waals surface area contributed by atoms with Crippen LogP contribution < -0.4 is 5.43 Å². The van der Waals surface area contributed by atoms with E-state index in [1.807, 2.05) is 36.4 Å². The lowest BCUT2D eigenvalue weighted by atomic mass is 9.95. The van der Waals surface area contributed by atoms with Crippen LogP contribution in [0, 0.1) is 0 Å². The molecule has 0 aliphatic rings. The Morgan fingerprint density at radius 3 is 2.16 bits per heavy atom. The summed E-state index contributed by atoms with van der Waals surface area (Å²) in [5.74, 6) is -0.307. The third kappa shape index (κ3) is 2.66. The van der Waals surface area contributed by atoms with Gasteiger partial charge in [-0.3, -0.25) is 9.59 Å². The molecule has 0 saturated carbocycles. The molecule has 0 unspecified atom stereocenters. The van der Waals surface area contributed by atoms with E-state index >= 15 is 0 Å². The highest BCUT2D eigenvalue weighted by Gasteiger charge is 2.21. The Labute approximate surface area is 144 Å². The summed E-state index contributed by atoms with van der Waals surface area (Å²) in [4.78, 5) is 25.9. The molecule has 0 radical (unpaired) electrons. The van der Waals surface area contributed by atoms with E-state index in [4.69, 9.17) is 4.42 Å². The minimum atomic E-state index is -0.320. The van der Waals surface area contributed by atoms with Gasteiger partial charge in [0.25, 0.3) is 0 Å². The van der Waals surface area contributed by atoms with Crippen molar-refractivity contribution in [3.63, 3.8) is 0 Å². The third-order valence-electron chi connectivity index (χ3n) is 4.16. The Kier molecular flexibility index (Phi) is 3.75. The van der Waals surface area contributed by atoms with E-state index in [0.29, 0.717) is 16.7 Å². The molecule has 0 N–H and O–H groups in total. The van der Waals surface area contributed by atoms with Crippen LogP contribution in [0.15, 0.2) is 94.3 Å². The number of ketones is 1. The molecule has 0 spiro atoms. The number of rotatable bonds is 3. The summed E-state index contributed by atoms with van der Waals surface area (Å²) in [5, 5.41) is 0.781. The van der Waals surface area contributed by atoms with Gasteiger partial charge in [0.05, 0.1) is 11.8 Å². The molecule has 3 heteroatoms. The van der Waals surface area contributed by atoms with E-state index in [2.05, 4.69) is 0 Å². The summed E-state index contributed by atoms with van der Waals surface area (Å²) in [7, 11) is 0. The van der Waals surface area contributed by atoms with Gasteiger partial charge in [0.1, 0.15) is 5.58 Å². The number of carbonyl (C=O) groups is 1. The Morgan fingerprint density at radius 2 is 1.44 bits per heavy atom. The van der Waals surface area contributed by atoms with Gasteiger partial charge in [-0.1, -0.05) is 60.7 Å². The molecule has 3 nitrogen and oxygen atoms in total. The highest BCUT2D eigenvalue weighted by atomic mass is 16.3.